The van der Waals surface area contributed by atoms with Crippen LogP contribution in [0, 0.1) is 0 Å². The third-order valence-corrected chi connectivity index (χ3v) is 3.75. The zero-order valence-electron chi connectivity index (χ0n) is 13.1. The molecule has 8 heteroatoms. The number of benzene rings is 1. The molecule has 0 aliphatic heterocycles. The van der Waals surface area contributed by atoms with E-state index < -0.39 is 17.2 Å². The van der Waals surface area contributed by atoms with Crippen molar-refractivity contribution in [1.29, 1.82) is 0 Å². The minimum absolute atomic E-state index is 0.169. The van der Waals surface area contributed by atoms with Gasteiger partial charge in [-0.1, -0.05) is 30.3 Å². The number of imidazole rings is 1. The Labute approximate surface area is 136 Å². The Morgan fingerprint density at radius 2 is 2.00 bits per heavy atom. The summed E-state index contributed by atoms with van der Waals surface area (Å²) in [7, 11) is 1.23. The van der Waals surface area contributed by atoms with Gasteiger partial charge in [0.2, 0.25) is 0 Å². The van der Waals surface area contributed by atoms with Crippen molar-refractivity contribution in [1.82, 2.24) is 19.1 Å². The molecule has 3 aromatic rings. The highest BCUT2D eigenvalue weighted by atomic mass is 16.5. The Morgan fingerprint density at radius 1 is 1.25 bits per heavy atom. The van der Waals surface area contributed by atoms with E-state index in [2.05, 4.69) is 14.7 Å². The van der Waals surface area contributed by atoms with Crippen molar-refractivity contribution in [3.63, 3.8) is 0 Å². The van der Waals surface area contributed by atoms with Crippen LogP contribution in [0.3, 0.4) is 0 Å². The summed E-state index contributed by atoms with van der Waals surface area (Å²) in [6.07, 6.45) is 2.21. The summed E-state index contributed by atoms with van der Waals surface area (Å²) in [5, 5.41) is 0. The fourth-order valence-corrected chi connectivity index (χ4v) is 2.53. The predicted molar refractivity (Wildman–Crippen MR) is 86.8 cm³/mol. The molecule has 0 saturated carbocycles. The summed E-state index contributed by atoms with van der Waals surface area (Å²) in [5.74, 6) is -0.593. The number of ether oxygens (including phenoxy) is 1. The lowest BCUT2D eigenvalue weighted by Crippen LogP contribution is -2.33. The third kappa shape index (κ3) is 2.98. The second-order valence-corrected chi connectivity index (χ2v) is 5.27. The molecule has 1 N–H and O–H groups in total. The summed E-state index contributed by atoms with van der Waals surface area (Å²) in [5.41, 5.74) is 0.336. The van der Waals surface area contributed by atoms with Crippen molar-refractivity contribution in [3.05, 3.63) is 63.1 Å². The van der Waals surface area contributed by atoms with Gasteiger partial charge in [-0.15, -0.1) is 0 Å². The number of hydrogen-bond donors (Lipinski definition) is 1. The predicted octanol–water partition coefficient (Wildman–Crippen LogP) is 0.302. The molecule has 1 aromatic carbocycles. The number of methoxy groups -OCH3 is 1. The van der Waals surface area contributed by atoms with Crippen molar-refractivity contribution in [3.8, 4) is 0 Å². The van der Waals surface area contributed by atoms with Crippen LogP contribution in [0.2, 0.25) is 0 Å². The maximum absolute atomic E-state index is 12.2. The number of carbonyl (C=O) groups excluding carboxylic acids is 1. The minimum atomic E-state index is -0.689. The molecule has 0 unspecified atom stereocenters. The standard InChI is InChI=1S/C16H16N4O4/c1-24-12(21)9-20-14-13(15(22)18-16(20)23)19(10-17-14)8-7-11-5-3-2-4-6-11/h2-6,10H,7-9H2,1H3,(H,18,22,23). The van der Waals surface area contributed by atoms with Crippen LogP contribution in [0.25, 0.3) is 11.2 Å². The second-order valence-electron chi connectivity index (χ2n) is 5.27. The molecule has 2 heterocycles. The number of hydrogen-bond acceptors (Lipinski definition) is 5. The molecule has 3 rings (SSSR count). The molecule has 0 aliphatic carbocycles. The molecule has 0 aliphatic rings. The SMILES string of the molecule is COC(=O)Cn1c(=O)[nH]c(=O)c2c1ncn2CCc1ccccc1. The normalized spacial score (nSPS) is 10.9. The molecule has 2 aromatic heterocycles. The average Bonchev–Trinajstić information content (AvgIpc) is 3.02. The number of nitrogens with zero attached hydrogens (tertiary/aromatic N) is 3. The van der Waals surface area contributed by atoms with Gasteiger partial charge in [0.15, 0.2) is 11.2 Å². The number of aryl methyl sites for hydroxylation is 2. The highest BCUT2D eigenvalue weighted by Crippen LogP contribution is 2.08. The Kier molecular flexibility index (Phi) is 4.28. The zero-order valence-corrected chi connectivity index (χ0v) is 13.1. The molecule has 124 valence electrons. The first-order valence-corrected chi connectivity index (χ1v) is 7.39. The number of rotatable bonds is 5. The molecule has 0 bridgehead atoms. The second kappa shape index (κ2) is 6.53. The monoisotopic (exact) mass is 328 g/mol. The van der Waals surface area contributed by atoms with Crippen LogP contribution in [0.4, 0.5) is 0 Å². The van der Waals surface area contributed by atoms with Gasteiger partial charge >= 0.3 is 11.7 Å². The average molecular weight is 328 g/mol. The van der Waals surface area contributed by atoms with E-state index in [1.165, 1.54) is 13.4 Å². The smallest absolute Gasteiger partial charge is 0.330 e. The van der Waals surface area contributed by atoms with Crippen LogP contribution in [0.1, 0.15) is 5.56 Å². The topological polar surface area (TPSA) is 99.0 Å². The van der Waals surface area contributed by atoms with Gasteiger partial charge in [0.05, 0.1) is 13.4 Å². The van der Waals surface area contributed by atoms with Gasteiger partial charge in [-0.2, -0.15) is 0 Å². The zero-order chi connectivity index (χ0) is 17.1. The van der Waals surface area contributed by atoms with Gasteiger partial charge in [0.1, 0.15) is 6.54 Å². The van der Waals surface area contributed by atoms with E-state index >= 15 is 0 Å². The fraction of sp³-hybridized carbons (Fsp3) is 0.250. The number of aromatic amines is 1. The minimum Gasteiger partial charge on any atom is -0.468 e. The first kappa shape index (κ1) is 15.7. The Hall–Kier alpha value is -3.16. The van der Waals surface area contributed by atoms with Crippen LogP contribution in [-0.4, -0.2) is 32.2 Å². The van der Waals surface area contributed by atoms with Crippen molar-refractivity contribution in [2.45, 2.75) is 19.5 Å². The molecule has 24 heavy (non-hydrogen) atoms. The van der Waals surface area contributed by atoms with E-state index in [1.54, 1.807) is 4.57 Å². The molecule has 0 atom stereocenters. The highest BCUT2D eigenvalue weighted by molar-refractivity contribution is 5.74. The van der Waals surface area contributed by atoms with Crippen LogP contribution in [-0.2, 0) is 29.0 Å². The van der Waals surface area contributed by atoms with E-state index in [0.29, 0.717) is 13.0 Å². The molecular formula is C16H16N4O4. The number of fused-ring (bicyclic) bond motifs is 1. The van der Waals surface area contributed by atoms with Crippen molar-refractivity contribution < 1.29 is 9.53 Å². The van der Waals surface area contributed by atoms with Crippen LogP contribution in [0.15, 0.2) is 46.2 Å². The molecule has 0 spiro atoms. The van der Waals surface area contributed by atoms with E-state index in [1.807, 2.05) is 30.3 Å². The van der Waals surface area contributed by atoms with E-state index in [9.17, 15) is 14.4 Å². The quantitative estimate of drug-likeness (QED) is 0.679. The van der Waals surface area contributed by atoms with E-state index in [0.717, 1.165) is 10.1 Å². The first-order valence-electron chi connectivity index (χ1n) is 7.39. The van der Waals surface area contributed by atoms with Gasteiger partial charge in [-0.25, -0.2) is 9.78 Å². The first-order chi connectivity index (χ1) is 11.6. The Morgan fingerprint density at radius 3 is 2.71 bits per heavy atom. The summed E-state index contributed by atoms with van der Waals surface area (Å²) in [6.45, 7) is 0.221. The maximum atomic E-state index is 12.2. The summed E-state index contributed by atoms with van der Waals surface area (Å²) in [4.78, 5) is 41.9. The van der Waals surface area contributed by atoms with E-state index in [-0.39, 0.29) is 17.7 Å². The van der Waals surface area contributed by atoms with E-state index in [4.69, 9.17) is 0 Å². The van der Waals surface area contributed by atoms with Crippen molar-refractivity contribution >= 4 is 17.1 Å². The van der Waals surface area contributed by atoms with Crippen LogP contribution >= 0.6 is 0 Å². The molecular weight excluding hydrogens is 312 g/mol. The number of carbonyl (C=O) groups is 1. The van der Waals surface area contributed by atoms with Crippen molar-refractivity contribution in [2.24, 2.45) is 0 Å². The molecule has 0 radical (unpaired) electrons. The van der Waals surface area contributed by atoms with Crippen molar-refractivity contribution in [2.75, 3.05) is 7.11 Å². The highest BCUT2D eigenvalue weighted by Gasteiger charge is 2.15. The number of esters is 1. The summed E-state index contributed by atoms with van der Waals surface area (Å²) >= 11 is 0. The van der Waals surface area contributed by atoms with Gasteiger partial charge < -0.3 is 9.30 Å². The lowest BCUT2D eigenvalue weighted by Gasteiger charge is -2.06. The Balaban J connectivity index is 1.99. The largest absolute Gasteiger partial charge is 0.468 e. The van der Waals surface area contributed by atoms with Crippen LogP contribution < -0.4 is 11.2 Å². The fourth-order valence-electron chi connectivity index (χ4n) is 2.53. The van der Waals surface area contributed by atoms with Crippen LogP contribution in [0.5, 0.6) is 0 Å². The van der Waals surface area contributed by atoms with Gasteiger partial charge in [0.25, 0.3) is 5.56 Å². The lowest BCUT2D eigenvalue weighted by molar-refractivity contribution is -0.141. The summed E-state index contributed by atoms with van der Waals surface area (Å²) in [6, 6.07) is 9.82. The maximum Gasteiger partial charge on any atom is 0.330 e. The molecule has 8 nitrogen and oxygen atoms in total. The molecule has 0 amide bonds. The van der Waals surface area contributed by atoms with Gasteiger partial charge in [-0.05, 0) is 12.0 Å². The van der Waals surface area contributed by atoms with Gasteiger partial charge in [0, 0.05) is 6.54 Å². The lowest BCUT2D eigenvalue weighted by atomic mass is 10.1. The number of H-pyrrole nitrogens is 1. The number of nitrogens with one attached hydrogen (secondary N) is 1. The molecule has 0 saturated heterocycles. The number of aromatic nitrogens is 4. The third-order valence-electron chi connectivity index (χ3n) is 3.75. The Bertz CT molecular complexity index is 985. The summed E-state index contributed by atoms with van der Waals surface area (Å²) < 4.78 is 7.35. The molecule has 0 fully saturated rings. The van der Waals surface area contributed by atoms with Gasteiger partial charge in [-0.3, -0.25) is 19.1 Å².